The summed E-state index contributed by atoms with van der Waals surface area (Å²) in [5.41, 5.74) is 7.32. The predicted molar refractivity (Wildman–Crippen MR) is 95.4 cm³/mol. The number of halogens is 1. The number of primary amides is 1. The van der Waals surface area contributed by atoms with Gasteiger partial charge in [0, 0.05) is 10.4 Å². The van der Waals surface area contributed by atoms with Crippen molar-refractivity contribution in [2.24, 2.45) is 5.73 Å². The topological polar surface area (TPSA) is 81.4 Å². The van der Waals surface area contributed by atoms with Crippen LogP contribution in [0.3, 0.4) is 0 Å². The number of rotatable bonds is 5. The molecule has 0 atom stereocenters. The van der Waals surface area contributed by atoms with E-state index < -0.39 is 5.91 Å². The smallest absolute Gasteiger partial charge is 0.256 e. The van der Waals surface area contributed by atoms with Gasteiger partial charge in [-0.05, 0) is 49.9 Å². The number of thiophene rings is 1. The molecule has 2 aromatic rings. The Labute approximate surface area is 148 Å². The van der Waals surface area contributed by atoms with Gasteiger partial charge in [-0.2, -0.15) is 0 Å². The molecule has 0 spiro atoms. The van der Waals surface area contributed by atoms with Crippen LogP contribution < -0.4 is 15.8 Å². The highest BCUT2D eigenvalue weighted by atomic mass is 35.5. The Morgan fingerprint density at radius 1 is 1.38 bits per heavy atom. The molecule has 0 fully saturated rings. The lowest BCUT2D eigenvalue weighted by atomic mass is 10.1. The van der Waals surface area contributed by atoms with Gasteiger partial charge >= 0.3 is 0 Å². The molecular formula is C17H17ClN2O3S. The molecule has 1 aliphatic rings. The van der Waals surface area contributed by atoms with Gasteiger partial charge in [0.15, 0.2) is 0 Å². The second-order valence-corrected chi connectivity index (χ2v) is 6.97. The standard InChI is InChI=1S/C17H17ClN2O3S/c1-2-23-12-7-6-9(8-11(12)18)16(22)20-17-14(15(19)21)10-4-3-5-13(10)24-17/h6-8H,2-5H2,1H3,(H2,19,21)(H,20,22). The monoisotopic (exact) mass is 364 g/mol. The largest absolute Gasteiger partial charge is 0.492 e. The third-order valence-corrected chi connectivity index (χ3v) is 5.39. The molecule has 2 amide bonds. The number of fused-ring (bicyclic) bond motifs is 1. The van der Waals surface area contributed by atoms with Crippen molar-refractivity contribution in [3.8, 4) is 5.75 Å². The van der Waals surface area contributed by atoms with Crippen molar-refractivity contribution >= 4 is 39.8 Å². The van der Waals surface area contributed by atoms with Crippen molar-refractivity contribution < 1.29 is 14.3 Å². The van der Waals surface area contributed by atoms with Crippen LogP contribution in [0.2, 0.25) is 5.02 Å². The lowest BCUT2D eigenvalue weighted by Gasteiger charge is -2.09. The number of nitrogens with two attached hydrogens (primary N) is 1. The van der Waals surface area contributed by atoms with Crippen molar-refractivity contribution in [2.75, 3.05) is 11.9 Å². The zero-order chi connectivity index (χ0) is 17.3. The van der Waals surface area contributed by atoms with Gasteiger partial charge in [-0.25, -0.2) is 0 Å². The quantitative estimate of drug-likeness (QED) is 0.849. The highest BCUT2D eigenvalue weighted by Gasteiger charge is 2.26. The van der Waals surface area contributed by atoms with Crippen LogP contribution >= 0.6 is 22.9 Å². The van der Waals surface area contributed by atoms with Crippen LogP contribution in [0.15, 0.2) is 18.2 Å². The van der Waals surface area contributed by atoms with Crippen molar-refractivity contribution in [1.29, 1.82) is 0 Å². The van der Waals surface area contributed by atoms with Gasteiger partial charge in [-0.15, -0.1) is 11.3 Å². The maximum atomic E-state index is 12.5. The molecule has 0 aliphatic heterocycles. The third kappa shape index (κ3) is 3.12. The minimum Gasteiger partial charge on any atom is -0.492 e. The van der Waals surface area contributed by atoms with Crippen molar-refractivity contribution in [2.45, 2.75) is 26.2 Å². The van der Waals surface area contributed by atoms with E-state index in [1.165, 1.54) is 11.3 Å². The first kappa shape index (κ1) is 16.8. The Morgan fingerprint density at radius 2 is 2.17 bits per heavy atom. The molecule has 0 saturated carbocycles. The summed E-state index contributed by atoms with van der Waals surface area (Å²) >= 11 is 7.55. The van der Waals surface area contributed by atoms with Crippen molar-refractivity contribution in [3.63, 3.8) is 0 Å². The molecule has 3 rings (SSSR count). The second kappa shape index (κ2) is 6.83. The maximum absolute atomic E-state index is 12.5. The van der Waals surface area contributed by atoms with Gasteiger partial charge in [0.05, 0.1) is 17.2 Å². The van der Waals surface area contributed by atoms with Crippen LogP contribution in [0.4, 0.5) is 5.00 Å². The zero-order valence-electron chi connectivity index (χ0n) is 13.1. The van der Waals surface area contributed by atoms with Crippen LogP contribution in [0.5, 0.6) is 5.75 Å². The maximum Gasteiger partial charge on any atom is 0.256 e. The summed E-state index contributed by atoms with van der Waals surface area (Å²) in [5, 5.41) is 3.68. The Balaban J connectivity index is 1.85. The molecule has 1 heterocycles. The summed E-state index contributed by atoms with van der Waals surface area (Å²) in [5.74, 6) is -0.305. The minimum atomic E-state index is -0.505. The first-order chi connectivity index (χ1) is 11.5. The highest BCUT2D eigenvalue weighted by Crippen LogP contribution is 2.39. The molecular weight excluding hydrogens is 348 g/mol. The molecule has 1 aliphatic carbocycles. The van der Waals surface area contributed by atoms with Crippen molar-refractivity contribution in [1.82, 2.24) is 0 Å². The zero-order valence-corrected chi connectivity index (χ0v) is 14.7. The van der Waals surface area contributed by atoms with Crippen LogP contribution in [-0.2, 0) is 12.8 Å². The van der Waals surface area contributed by atoms with E-state index in [-0.39, 0.29) is 5.91 Å². The fraction of sp³-hybridized carbons (Fsp3) is 0.294. The Bertz CT molecular complexity index is 816. The van der Waals surface area contributed by atoms with Gasteiger partial charge < -0.3 is 15.8 Å². The van der Waals surface area contributed by atoms with Crippen LogP contribution in [-0.4, -0.2) is 18.4 Å². The summed E-state index contributed by atoms with van der Waals surface area (Å²) in [6.07, 6.45) is 2.77. The fourth-order valence-electron chi connectivity index (χ4n) is 2.84. The number of hydrogen-bond donors (Lipinski definition) is 2. The lowest BCUT2D eigenvalue weighted by Crippen LogP contribution is -2.17. The van der Waals surface area contributed by atoms with Gasteiger partial charge in [0.2, 0.25) is 0 Å². The molecule has 3 N–H and O–H groups in total. The van der Waals surface area contributed by atoms with Crippen LogP contribution in [0.25, 0.3) is 0 Å². The molecule has 126 valence electrons. The van der Waals surface area contributed by atoms with E-state index in [0.717, 1.165) is 29.7 Å². The SMILES string of the molecule is CCOc1ccc(C(=O)Nc2sc3c(c2C(N)=O)CCC3)cc1Cl. The third-order valence-electron chi connectivity index (χ3n) is 3.89. The average molecular weight is 365 g/mol. The first-order valence-corrected chi connectivity index (χ1v) is 8.88. The summed E-state index contributed by atoms with van der Waals surface area (Å²) in [6.45, 7) is 2.35. The Kier molecular flexibility index (Phi) is 4.78. The molecule has 5 nitrogen and oxygen atoms in total. The van der Waals surface area contributed by atoms with E-state index in [0.29, 0.717) is 33.5 Å². The predicted octanol–water partition coefficient (Wildman–Crippen LogP) is 3.64. The number of amides is 2. The summed E-state index contributed by atoms with van der Waals surface area (Å²) < 4.78 is 5.36. The van der Waals surface area contributed by atoms with E-state index in [4.69, 9.17) is 22.1 Å². The molecule has 24 heavy (non-hydrogen) atoms. The van der Waals surface area contributed by atoms with Gasteiger partial charge in [0.1, 0.15) is 10.8 Å². The number of carbonyl (C=O) groups excluding carboxylic acids is 2. The minimum absolute atomic E-state index is 0.331. The number of aryl methyl sites for hydroxylation is 1. The molecule has 0 saturated heterocycles. The molecule has 0 unspecified atom stereocenters. The first-order valence-electron chi connectivity index (χ1n) is 7.69. The molecule has 1 aromatic heterocycles. The van der Waals surface area contributed by atoms with Crippen LogP contribution in [0, 0.1) is 0 Å². The molecule has 0 radical (unpaired) electrons. The highest BCUT2D eigenvalue weighted by molar-refractivity contribution is 7.17. The molecule has 0 bridgehead atoms. The van der Waals surface area contributed by atoms with E-state index in [2.05, 4.69) is 5.32 Å². The van der Waals surface area contributed by atoms with Crippen molar-refractivity contribution in [3.05, 3.63) is 44.8 Å². The Morgan fingerprint density at radius 3 is 2.83 bits per heavy atom. The molecule has 1 aromatic carbocycles. The number of carbonyl (C=O) groups is 2. The Hall–Kier alpha value is -2.05. The summed E-state index contributed by atoms with van der Waals surface area (Å²) in [6, 6.07) is 4.84. The average Bonchev–Trinajstić information content (AvgIpc) is 3.09. The summed E-state index contributed by atoms with van der Waals surface area (Å²) in [7, 11) is 0. The van der Waals surface area contributed by atoms with E-state index in [1.54, 1.807) is 18.2 Å². The van der Waals surface area contributed by atoms with Gasteiger partial charge in [-0.1, -0.05) is 11.6 Å². The van der Waals surface area contributed by atoms with Crippen LogP contribution in [0.1, 0.15) is 44.5 Å². The number of ether oxygens (including phenoxy) is 1. The van der Waals surface area contributed by atoms with E-state index in [1.807, 2.05) is 6.92 Å². The van der Waals surface area contributed by atoms with Gasteiger partial charge in [-0.3, -0.25) is 9.59 Å². The normalized spacial score (nSPS) is 12.8. The second-order valence-electron chi connectivity index (χ2n) is 5.46. The number of anilines is 1. The number of benzene rings is 1. The summed E-state index contributed by atoms with van der Waals surface area (Å²) in [4.78, 5) is 25.4. The fourth-order valence-corrected chi connectivity index (χ4v) is 4.37. The molecule has 7 heteroatoms. The van der Waals surface area contributed by atoms with E-state index in [9.17, 15) is 9.59 Å². The number of nitrogens with one attached hydrogen (secondary N) is 1. The van der Waals surface area contributed by atoms with Gasteiger partial charge in [0.25, 0.3) is 11.8 Å². The number of hydrogen-bond acceptors (Lipinski definition) is 4. The van der Waals surface area contributed by atoms with E-state index >= 15 is 0 Å². The lowest BCUT2D eigenvalue weighted by molar-refractivity contribution is 0.100.